The van der Waals surface area contributed by atoms with E-state index >= 15 is 0 Å². The van der Waals surface area contributed by atoms with E-state index in [0.717, 1.165) is 5.01 Å². The summed E-state index contributed by atoms with van der Waals surface area (Å²) in [7, 11) is 0. The van der Waals surface area contributed by atoms with Crippen LogP contribution in [0.2, 0.25) is 0 Å². The van der Waals surface area contributed by atoms with Crippen LogP contribution in [0.25, 0.3) is 0 Å². The van der Waals surface area contributed by atoms with Crippen LogP contribution in [0, 0.1) is 6.92 Å². The van der Waals surface area contributed by atoms with Gasteiger partial charge in [-0.3, -0.25) is 0 Å². The quantitative estimate of drug-likeness (QED) is 0.807. The molecule has 0 aliphatic heterocycles. The Morgan fingerprint density at radius 2 is 2.24 bits per heavy atom. The second-order valence-electron chi connectivity index (χ2n) is 4.18. The molecule has 2 rings (SSSR count). The first-order chi connectivity index (χ1) is 10.1. The molecule has 21 heavy (non-hydrogen) atoms. The lowest BCUT2D eigenvalue weighted by atomic mass is 10.4. The molecule has 0 fully saturated rings. The first kappa shape index (κ1) is 15.2. The van der Waals surface area contributed by atoms with Crippen LogP contribution in [0.1, 0.15) is 28.2 Å². The molecule has 2 aromatic heterocycles. The fraction of sp³-hybridized carbons (Fsp3) is 0.385. The van der Waals surface area contributed by atoms with Crippen molar-refractivity contribution in [1.82, 2.24) is 15.0 Å². The van der Waals surface area contributed by atoms with Crippen molar-refractivity contribution >= 4 is 23.1 Å². The molecule has 0 amide bonds. The fourth-order valence-electron chi connectivity index (χ4n) is 1.67. The molecule has 0 saturated heterocycles. The molecule has 0 aliphatic rings. The van der Waals surface area contributed by atoms with E-state index in [2.05, 4.69) is 20.3 Å². The average molecular weight is 308 g/mol. The summed E-state index contributed by atoms with van der Waals surface area (Å²) in [6, 6.07) is 1.74. The summed E-state index contributed by atoms with van der Waals surface area (Å²) in [5, 5.41) is 14.3. The van der Waals surface area contributed by atoms with Crippen molar-refractivity contribution in [3.63, 3.8) is 0 Å². The van der Waals surface area contributed by atoms with E-state index in [1.165, 1.54) is 11.3 Å². The van der Waals surface area contributed by atoms with E-state index in [4.69, 9.17) is 9.84 Å². The van der Waals surface area contributed by atoms with Crippen LogP contribution in [0.5, 0.6) is 5.88 Å². The third-order valence-electron chi connectivity index (χ3n) is 2.52. The molecule has 2 N–H and O–H groups in total. The van der Waals surface area contributed by atoms with Crippen LogP contribution in [-0.2, 0) is 6.42 Å². The summed E-state index contributed by atoms with van der Waals surface area (Å²) in [5.41, 5.74) is 0.0894. The van der Waals surface area contributed by atoms with E-state index in [0.29, 0.717) is 37.1 Å². The molecule has 0 unspecified atom stereocenters. The molecule has 112 valence electrons. The topological polar surface area (TPSA) is 97.2 Å². The molecule has 0 radical (unpaired) electrons. The smallest absolute Gasteiger partial charge is 0.355 e. The van der Waals surface area contributed by atoms with Gasteiger partial charge in [0.05, 0.1) is 11.6 Å². The lowest BCUT2D eigenvalue weighted by Gasteiger charge is -2.08. The van der Waals surface area contributed by atoms with Gasteiger partial charge in [0.2, 0.25) is 5.88 Å². The Bertz CT molecular complexity index is 630. The second-order valence-corrected chi connectivity index (χ2v) is 5.12. The number of aromatic carboxylic acids is 1. The number of carboxylic acids is 1. The van der Waals surface area contributed by atoms with Crippen molar-refractivity contribution in [1.29, 1.82) is 0 Å². The maximum atomic E-state index is 10.7. The third-order valence-corrected chi connectivity index (χ3v) is 3.43. The first-order valence-electron chi connectivity index (χ1n) is 6.48. The number of aromatic nitrogens is 3. The largest absolute Gasteiger partial charge is 0.478 e. The van der Waals surface area contributed by atoms with Gasteiger partial charge in [-0.2, -0.15) is 4.98 Å². The van der Waals surface area contributed by atoms with Gasteiger partial charge in [-0.25, -0.2) is 14.8 Å². The number of ether oxygens (including phenoxy) is 1. The monoisotopic (exact) mass is 308 g/mol. The number of anilines is 1. The number of rotatable bonds is 7. The minimum atomic E-state index is -1.00. The van der Waals surface area contributed by atoms with Crippen LogP contribution in [0.3, 0.4) is 0 Å². The number of hydrogen-bond donors (Lipinski definition) is 2. The Kier molecular flexibility index (Phi) is 5.04. The number of carbonyl (C=O) groups is 1. The zero-order chi connectivity index (χ0) is 15.2. The molecule has 0 atom stereocenters. The van der Waals surface area contributed by atoms with E-state index in [1.54, 1.807) is 18.4 Å². The highest BCUT2D eigenvalue weighted by Gasteiger charge is 2.08. The summed E-state index contributed by atoms with van der Waals surface area (Å²) in [4.78, 5) is 23.2. The predicted molar refractivity (Wildman–Crippen MR) is 79.2 cm³/mol. The summed E-state index contributed by atoms with van der Waals surface area (Å²) >= 11 is 1.34. The summed E-state index contributed by atoms with van der Waals surface area (Å²) in [6.07, 6.45) is 0.630. The molecular weight excluding hydrogens is 292 g/mol. The van der Waals surface area contributed by atoms with Crippen molar-refractivity contribution in [2.45, 2.75) is 20.3 Å². The van der Waals surface area contributed by atoms with Gasteiger partial charge in [0.15, 0.2) is 5.69 Å². The molecule has 0 spiro atoms. The standard InChI is InChI=1S/C13H16N4O3S/c1-3-20-11-6-10(15-8(2)16-11)14-5-4-12-17-9(7-21-12)13(18)19/h6-7H,3-5H2,1-2H3,(H,18,19)(H,14,15,16). The van der Waals surface area contributed by atoms with Gasteiger partial charge in [0, 0.05) is 24.4 Å². The van der Waals surface area contributed by atoms with Crippen LogP contribution < -0.4 is 10.1 Å². The predicted octanol–water partition coefficient (Wildman–Crippen LogP) is 1.99. The van der Waals surface area contributed by atoms with Crippen LogP contribution in [-0.4, -0.2) is 39.2 Å². The Morgan fingerprint density at radius 3 is 2.90 bits per heavy atom. The fourth-order valence-corrected chi connectivity index (χ4v) is 2.45. The van der Waals surface area contributed by atoms with Gasteiger partial charge < -0.3 is 15.2 Å². The summed E-state index contributed by atoms with van der Waals surface area (Å²) in [6.45, 7) is 4.85. The minimum absolute atomic E-state index is 0.0894. The summed E-state index contributed by atoms with van der Waals surface area (Å²) in [5.74, 6) is 0.847. The lowest BCUT2D eigenvalue weighted by Crippen LogP contribution is -2.08. The molecule has 0 saturated carbocycles. The van der Waals surface area contributed by atoms with E-state index in [-0.39, 0.29) is 5.69 Å². The minimum Gasteiger partial charge on any atom is -0.478 e. The summed E-state index contributed by atoms with van der Waals surface area (Å²) < 4.78 is 5.35. The Morgan fingerprint density at radius 1 is 1.43 bits per heavy atom. The first-order valence-corrected chi connectivity index (χ1v) is 7.36. The van der Waals surface area contributed by atoms with Crippen LogP contribution in [0.4, 0.5) is 5.82 Å². The molecule has 0 aromatic carbocycles. The number of nitrogens with one attached hydrogen (secondary N) is 1. The van der Waals surface area contributed by atoms with Crippen LogP contribution >= 0.6 is 11.3 Å². The number of aryl methyl sites for hydroxylation is 1. The van der Waals surface area contributed by atoms with Gasteiger partial charge in [-0.05, 0) is 13.8 Å². The van der Waals surface area contributed by atoms with Crippen molar-refractivity contribution in [2.75, 3.05) is 18.5 Å². The molecule has 2 heterocycles. The highest BCUT2D eigenvalue weighted by atomic mass is 32.1. The second kappa shape index (κ2) is 6.98. The van der Waals surface area contributed by atoms with E-state index in [1.807, 2.05) is 6.92 Å². The van der Waals surface area contributed by atoms with Crippen molar-refractivity contribution < 1.29 is 14.6 Å². The third kappa shape index (κ3) is 4.38. The average Bonchev–Trinajstić information content (AvgIpc) is 2.87. The van der Waals surface area contributed by atoms with Crippen molar-refractivity contribution in [3.05, 3.63) is 28.0 Å². The van der Waals surface area contributed by atoms with Crippen molar-refractivity contribution in [3.8, 4) is 5.88 Å². The molecule has 7 nitrogen and oxygen atoms in total. The normalized spacial score (nSPS) is 10.4. The Hall–Kier alpha value is -2.22. The number of carboxylic acid groups (broad SMARTS) is 1. The van der Waals surface area contributed by atoms with E-state index < -0.39 is 5.97 Å². The van der Waals surface area contributed by atoms with Crippen LogP contribution in [0.15, 0.2) is 11.4 Å². The zero-order valence-corrected chi connectivity index (χ0v) is 12.6. The van der Waals surface area contributed by atoms with Gasteiger partial charge in [-0.15, -0.1) is 11.3 Å². The molecule has 2 aromatic rings. The number of nitrogens with zero attached hydrogens (tertiary/aromatic N) is 3. The number of hydrogen-bond acceptors (Lipinski definition) is 7. The van der Waals surface area contributed by atoms with E-state index in [9.17, 15) is 4.79 Å². The maximum Gasteiger partial charge on any atom is 0.355 e. The molecular formula is C13H16N4O3S. The highest BCUT2D eigenvalue weighted by Crippen LogP contribution is 2.14. The van der Waals surface area contributed by atoms with Gasteiger partial charge in [-0.1, -0.05) is 0 Å². The van der Waals surface area contributed by atoms with Gasteiger partial charge >= 0.3 is 5.97 Å². The van der Waals surface area contributed by atoms with Gasteiger partial charge in [0.1, 0.15) is 11.6 Å². The molecule has 8 heteroatoms. The molecule has 0 bridgehead atoms. The Balaban J connectivity index is 1.91. The van der Waals surface area contributed by atoms with Crippen molar-refractivity contribution in [2.24, 2.45) is 0 Å². The molecule has 0 aliphatic carbocycles. The van der Waals surface area contributed by atoms with Gasteiger partial charge in [0.25, 0.3) is 0 Å². The maximum absolute atomic E-state index is 10.7. The highest BCUT2D eigenvalue weighted by molar-refractivity contribution is 7.09. The lowest BCUT2D eigenvalue weighted by molar-refractivity contribution is 0.0691. The Labute approximate surface area is 126 Å². The number of thiazole rings is 1. The zero-order valence-electron chi connectivity index (χ0n) is 11.8. The SMILES string of the molecule is CCOc1cc(NCCc2nc(C(=O)O)cs2)nc(C)n1.